The molecule has 3 rings (SSSR count). The Kier molecular flexibility index (Phi) is 4.34. The largest absolute Gasteiger partial charge is 0.497 e. The molecule has 2 heterocycles. The molecule has 0 radical (unpaired) electrons. The van der Waals surface area contributed by atoms with Gasteiger partial charge in [-0.25, -0.2) is 8.78 Å². The topological polar surface area (TPSA) is 41.9 Å². The van der Waals surface area contributed by atoms with Crippen LogP contribution in [-0.4, -0.2) is 50.0 Å². The Bertz CT molecular complexity index is 531. The van der Waals surface area contributed by atoms with Gasteiger partial charge < -0.3 is 14.6 Å². The van der Waals surface area contributed by atoms with Crippen molar-refractivity contribution in [3.05, 3.63) is 29.3 Å². The predicted octanol–water partition coefficient (Wildman–Crippen LogP) is 1.80. The quantitative estimate of drug-likeness (QED) is 0.920. The van der Waals surface area contributed by atoms with Crippen LogP contribution in [0.2, 0.25) is 0 Å². The van der Waals surface area contributed by atoms with E-state index in [1.807, 2.05) is 4.90 Å². The lowest BCUT2D eigenvalue weighted by atomic mass is 9.76. The van der Waals surface area contributed by atoms with Crippen molar-refractivity contribution in [1.29, 1.82) is 0 Å². The van der Waals surface area contributed by atoms with Crippen molar-refractivity contribution in [2.24, 2.45) is 11.3 Å². The van der Waals surface area contributed by atoms with E-state index in [0.717, 1.165) is 13.0 Å². The summed E-state index contributed by atoms with van der Waals surface area (Å²) < 4.78 is 38.5. The second-order valence-electron chi connectivity index (χ2n) is 6.30. The first kappa shape index (κ1) is 15.6. The highest BCUT2D eigenvalue weighted by atomic mass is 19.1. The minimum atomic E-state index is -0.596. The van der Waals surface area contributed by atoms with Gasteiger partial charge in [0, 0.05) is 49.4 Å². The Balaban J connectivity index is 1.77. The van der Waals surface area contributed by atoms with E-state index in [2.05, 4.69) is 0 Å². The number of aliphatic hydroxyl groups excluding tert-OH is 1. The van der Waals surface area contributed by atoms with E-state index in [1.54, 1.807) is 0 Å². The molecule has 4 nitrogen and oxygen atoms in total. The molecule has 0 unspecified atom stereocenters. The lowest BCUT2D eigenvalue weighted by Crippen LogP contribution is -2.42. The molecule has 0 bridgehead atoms. The normalized spacial score (nSPS) is 28.6. The van der Waals surface area contributed by atoms with Gasteiger partial charge in [0.1, 0.15) is 17.4 Å². The number of halogens is 2. The van der Waals surface area contributed by atoms with Gasteiger partial charge in [0.05, 0.1) is 20.3 Å². The van der Waals surface area contributed by atoms with Gasteiger partial charge in [-0.1, -0.05) is 0 Å². The van der Waals surface area contributed by atoms with E-state index in [9.17, 15) is 13.9 Å². The number of hydrogen-bond acceptors (Lipinski definition) is 4. The lowest BCUT2D eigenvalue weighted by Gasteiger charge is -2.36. The fourth-order valence-corrected chi connectivity index (χ4v) is 3.62. The summed E-state index contributed by atoms with van der Waals surface area (Å²) in [5.74, 6) is -0.702. The standard InChI is InChI=1S/C16H21F2NO3/c1-21-12-4-14(17)13(15(18)5-12)7-19-6-11-2-3-22-10-16(11,8-19)9-20/h4-5,11,20H,2-3,6-10H2,1H3/t11-,16+/m0/s1. The Labute approximate surface area is 128 Å². The average molecular weight is 313 g/mol. The maximum atomic E-state index is 14.1. The fraction of sp³-hybridized carbons (Fsp3) is 0.625. The van der Waals surface area contributed by atoms with E-state index in [1.165, 1.54) is 19.2 Å². The molecule has 2 aliphatic rings. The summed E-state index contributed by atoms with van der Waals surface area (Å²) in [5.41, 5.74) is -0.244. The van der Waals surface area contributed by atoms with Crippen LogP contribution in [0.1, 0.15) is 12.0 Å². The van der Waals surface area contributed by atoms with Crippen molar-refractivity contribution in [2.75, 3.05) is 40.0 Å². The van der Waals surface area contributed by atoms with Gasteiger partial charge >= 0.3 is 0 Å². The zero-order chi connectivity index (χ0) is 15.7. The molecule has 22 heavy (non-hydrogen) atoms. The predicted molar refractivity (Wildman–Crippen MR) is 76.6 cm³/mol. The first-order valence-corrected chi connectivity index (χ1v) is 7.51. The zero-order valence-electron chi connectivity index (χ0n) is 12.6. The van der Waals surface area contributed by atoms with Crippen molar-refractivity contribution in [3.63, 3.8) is 0 Å². The maximum absolute atomic E-state index is 14.1. The van der Waals surface area contributed by atoms with Gasteiger partial charge in [0.25, 0.3) is 0 Å². The Morgan fingerprint density at radius 2 is 2.14 bits per heavy atom. The van der Waals surface area contributed by atoms with Gasteiger partial charge in [-0.2, -0.15) is 0 Å². The number of benzene rings is 1. The van der Waals surface area contributed by atoms with E-state index in [0.29, 0.717) is 25.7 Å². The Hall–Kier alpha value is -1.24. The minimum Gasteiger partial charge on any atom is -0.497 e. The van der Waals surface area contributed by atoms with Crippen LogP contribution in [0.5, 0.6) is 5.75 Å². The number of methoxy groups -OCH3 is 1. The van der Waals surface area contributed by atoms with E-state index in [-0.39, 0.29) is 29.9 Å². The first-order valence-electron chi connectivity index (χ1n) is 7.51. The molecule has 1 aromatic carbocycles. The molecule has 0 aromatic heterocycles. The Morgan fingerprint density at radius 3 is 2.73 bits per heavy atom. The molecule has 1 aromatic rings. The van der Waals surface area contributed by atoms with Crippen molar-refractivity contribution in [1.82, 2.24) is 4.90 Å². The van der Waals surface area contributed by atoms with Crippen LogP contribution >= 0.6 is 0 Å². The molecule has 0 amide bonds. The van der Waals surface area contributed by atoms with Gasteiger partial charge in [-0.15, -0.1) is 0 Å². The lowest BCUT2D eigenvalue weighted by molar-refractivity contribution is -0.0561. The van der Waals surface area contributed by atoms with Crippen molar-refractivity contribution in [3.8, 4) is 5.75 Å². The third-order valence-electron chi connectivity index (χ3n) is 4.93. The third kappa shape index (κ3) is 2.71. The summed E-state index contributed by atoms with van der Waals surface area (Å²) in [4.78, 5) is 2.00. The smallest absolute Gasteiger partial charge is 0.134 e. The minimum absolute atomic E-state index is 0.0434. The SMILES string of the molecule is COc1cc(F)c(CN2C[C@@H]3CCOC[C@]3(CO)C2)c(F)c1. The van der Waals surface area contributed by atoms with Crippen LogP contribution < -0.4 is 4.74 Å². The molecule has 2 fully saturated rings. The summed E-state index contributed by atoms with van der Waals surface area (Å²) in [6, 6.07) is 2.40. The number of fused-ring (bicyclic) bond motifs is 1. The highest BCUT2D eigenvalue weighted by Crippen LogP contribution is 2.41. The van der Waals surface area contributed by atoms with Crippen LogP contribution in [0.15, 0.2) is 12.1 Å². The molecule has 1 N–H and O–H groups in total. The van der Waals surface area contributed by atoms with Gasteiger partial charge in [-0.3, -0.25) is 4.90 Å². The van der Waals surface area contributed by atoms with Crippen molar-refractivity contribution >= 4 is 0 Å². The summed E-state index contributed by atoms with van der Waals surface area (Å²) >= 11 is 0. The molecule has 2 atom stereocenters. The van der Waals surface area contributed by atoms with Crippen molar-refractivity contribution in [2.45, 2.75) is 13.0 Å². The molecule has 2 aliphatic heterocycles. The highest BCUT2D eigenvalue weighted by Gasteiger charge is 2.48. The number of nitrogens with zero attached hydrogens (tertiary/aromatic N) is 1. The number of ether oxygens (including phenoxy) is 2. The number of likely N-dealkylation sites (tertiary alicyclic amines) is 1. The van der Waals surface area contributed by atoms with Crippen LogP contribution in [-0.2, 0) is 11.3 Å². The van der Waals surface area contributed by atoms with Crippen LogP contribution in [0.25, 0.3) is 0 Å². The van der Waals surface area contributed by atoms with Gasteiger partial charge in [-0.05, 0) is 12.3 Å². The average Bonchev–Trinajstić information content (AvgIpc) is 2.89. The molecule has 122 valence electrons. The zero-order valence-corrected chi connectivity index (χ0v) is 12.6. The molecule has 0 spiro atoms. The first-order chi connectivity index (χ1) is 10.6. The second kappa shape index (κ2) is 6.10. The molecule has 0 saturated carbocycles. The summed E-state index contributed by atoms with van der Waals surface area (Å²) in [5, 5.41) is 9.74. The number of rotatable bonds is 4. The van der Waals surface area contributed by atoms with E-state index < -0.39 is 11.6 Å². The fourth-order valence-electron chi connectivity index (χ4n) is 3.62. The van der Waals surface area contributed by atoms with Crippen LogP contribution in [0, 0.1) is 23.0 Å². The highest BCUT2D eigenvalue weighted by molar-refractivity contribution is 5.30. The third-order valence-corrected chi connectivity index (χ3v) is 4.93. The van der Waals surface area contributed by atoms with Crippen molar-refractivity contribution < 1.29 is 23.4 Å². The molecule has 0 aliphatic carbocycles. The molecular formula is C16H21F2NO3. The maximum Gasteiger partial charge on any atom is 0.134 e. The van der Waals surface area contributed by atoms with Crippen LogP contribution in [0.4, 0.5) is 8.78 Å². The van der Waals surface area contributed by atoms with Crippen LogP contribution in [0.3, 0.4) is 0 Å². The number of aliphatic hydroxyl groups is 1. The summed E-state index contributed by atoms with van der Waals surface area (Å²) in [7, 11) is 1.38. The second-order valence-corrected chi connectivity index (χ2v) is 6.30. The molecule has 2 saturated heterocycles. The summed E-state index contributed by atoms with van der Waals surface area (Å²) in [6.45, 7) is 2.76. The van der Waals surface area contributed by atoms with E-state index >= 15 is 0 Å². The Morgan fingerprint density at radius 1 is 1.41 bits per heavy atom. The summed E-state index contributed by atoms with van der Waals surface area (Å²) in [6.07, 6.45) is 0.880. The van der Waals surface area contributed by atoms with Gasteiger partial charge in [0.15, 0.2) is 0 Å². The van der Waals surface area contributed by atoms with E-state index in [4.69, 9.17) is 9.47 Å². The van der Waals surface area contributed by atoms with Gasteiger partial charge in [0.2, 0.25) is 0 Å². The molecule has 6 heteroatoms. The molecular weight excluding hydrogens is 292 g/mol. The monoisotopic (exact) mass is 313 g/mol. The number of hydrogen-bond donors (Lipinski definition) is 1.